The fourth-order valence-corrected chi connectivity index (χ4v) is 2.61. The van der Waals surface area contributed by atoms with E-state index in [1.165, 1.54) is 0 Å². The Hall–Kier alpha value is -1.20. The summed E-state index contributed by atoms with van der Waals surface area (Å²) in [4.78, 5) is 2.30. The number of piperidine rings is 1. The minimum Gasteiger partial charge on any atom is -0.365 e. The van der Waals surface area contributed by atoms with Crippen molar-refractivity contribution in [3.63, 3.8) is 0 Å². The largest absolute Gasteiger partial charge is 0.365 e. The van der Waals surface area contributed by atoms with Crippen molar-refractivity contribution in [2.24, 2.45) is 5.92 Å². The lowest BCUT2D eigenvalue weighted by molar-refractivity contribution is 0.325. The van der Waals surface area contributed by atoms with Crippen LogP contribution in [0.3, 0.4) is 0 Å². The van der Waals surface area contributed by atoms with Crippen LogP contribution in [0.2, 0.25) is 5.02 Å². The molecular formula is C14H17ClN2. The average Bonchev–Trinajstić information content (AvgIpc) is 2.29. The lowest BCUT2D eigenvalue weighted by Crippen LogP contribution is -2.50. The molecular weight excluding hydrogens is 232 g/mol. The fraction of sp³-hybridized carbons (Fsp3) is 0.500. The lowest BCUT2D eigenvalue weighted by atomic mass is 9.85. The number of anilines is 1. The van der Waals surface area contributed by atoms with E-state index in [2.05, 4.69) is 30.9 Å². The molecule has 1 heterocycles. The Morgan fingerprint density at radius 1 is 1.47 bits per heavy atom. The topological polar surface area (TPSA) is 27.0 Å². The highest BCUT2D eigenvalue weighted by atomic mass is 35.5. The summed E-state index contributed by atoms with van der Waals surface area (Å²) in [6, 6.07) is 10.3. The summed E-state index contributed by atoms with van der Waals surface area (Å²) >= 11 is 6.04. The maximum Gasteiger partial charge on any atom is 0.0674 e. The molecule has 0 saturated carbocycles. The van der Waals surface area contributed by atoms with E-state index in [0.29, 0.717) is 0 Å². The van der Waals surface area contributed by atoms with Crippen molar-refractivity contribution < 1.29 is 0 Å². The number of hydrogen-bond acceptors (Lipinski definition) is 2. The molecule has 1 aromatic rings. The van der Waals surface area contributed by atoms with Gasteiger partial charge in [-0.15, -0.1) is 0 Å². The average molecular weight is 249 g/mol. The van der Waals surface area contributed by atoms with Crippen LogP contribution >= 0.6 is 11.6 Å². The third kappa shape index (κ3) is 2.56. The second kappa shape index (κ2) is 4.58. The van der Waals surface area contributed by atoms with Crippen LogP contribution in [0.15, 0.2) is 24.3 Å². The molecule has 1 unspecified atom stereocenters. The molecule has 1 aromatic carbocycles. The van der Waals surface area contributed by atoms with E-state index in [-0.39, 0.29) is 11.5 Å². The van der Waals surface area contributed by atoms with Crippen molar-refractivity contribution in [1.82, 2.24) is 0 Å². The Labute approximate surface area is 108 Å². The molecule has 1 aliphatic heterocycles. The zero-order valence-corrected chi connectivity index (χ0v) is 11.0. The summed E-state index contributed by atoms with van der Waals surface area (Å²) < 4.78 is 0. The molecule has 0 aromatic heterocycles. The molecule has 3 heteroatoms. The van der Waals surface area contributed by atoms with E-state index in [9.17, 15) is 0 Å². The zero-order chi connectivity index (χ0) is 12.5. The number of rotatable bonds is 1. The first-order chi connectivity index (χ1) is 8.03. The lowest BCUT2D eigenvalue weighted by Gasteiger charge is -2.45. The van der Waals surface area contributed by atoms with E-state index in [0.717, 1.165) is 30.1 Å². The van der Waals surface area contributed by atoms with Crippen molar-refractivity contribution in [2.45, 2.75) is 32.2 Å². The number of benzene rings is 1. The van der Waals surface area contributed by atoms with Crippen molar-refractivity contribution in [1.29, 1.82) is 5.26 Å². The van der Waals surface area contributed by atoms with Gasteiger partial charge in [0.05, 0.1) is 12.0 Å². The van der Waals surface area contributed by atoms with Gasteiger partial charge in [0.15, 0.2) is 0 Å². The first kappa shape index (κ1) is 12.3. The van der Waals surface area contributed by atoms with Crippen molar-refractivity contribution in [2.75, 3.05) is 11.4 Å². The van der Waals surface area contributed by atoms with E-state index in [1.54, 1.807) is 0 Å². The molecule has 0 spiro atoms. The smallest absolute Gasteiger partial charge is 0.0674 e. The quantitative estimate of drug-likeness (QED) is 0.755. The van der Waals surface area contributed by atoms with Crippen molar-refractivity contribution in [3.8, 4) is 6.07 Å². The fourth-order valence-electron chi connectivity index (χ4n) is 2.43. The molecule has 1 saturated heterocycles. The molecule has 1 aliphatic rings. The van der Waals surface area contributed by atoms with Gasteiger partial charge in [0.25, 0.3) is 0 Å². The number of nitrogens with zero attached hydrogens (tertiary/aromatic N) is 2. The van der Waals surface area contributed by atoms with Gasteiger partial charge < -0.3 is 4.90 Å². The van der Waals surface area contributed by atoms with Crippen LogP contribution in [-0.4, -0.2) is 12.1 Å². The molecule has 0 N–H and O–H groups in total. The number of hydrogen-bond donors (Lipinski definition) is 0. The summed E-state index contributed by atoms with van der Waals surface area (Å²) in [5.41, 5.74) is 1.21. The van der Waals surface area contributed by atoms with E-state index < -0.39 is 0 Å². The maximum atomic E-state index is 9.08. The van der Waals surface area contributed by atoms with Crippen LogP contribution in [0.5, 0.6) is 0 Å². The highest BCUT2D eigenvalue weighted by Gasteiger charge is 2.34. The third-order valence-electron chi connectivity index (χ3n) is 3.54. The van der Waals surface area contributed by atoms with E-state index in [4.69, 9.17) is 16.9 Å². The molecule has 0 radical (unpaired) electrons. The Kier molecular flexibility index (Phi) is 3.31. The SMILES string of the molecule is CC1(C)CCC(C#N)CN1c1cccc(Cl)c1. The standard InChI is InChI=1S/C14H17ClN2/c1-14(2)7-6-11(9-16)10-17(14)13-5-3-4-12(15)8-13/h3-5,8,11H,6-7,10H2,1-2H3. The number of halogens is 1. The summed E-state index contributed by atoms with van der Waals surface area (Å²) in [5.74, 6) is 0.127. The Bertz CT molecular complexity index is 448. The summed E-state index contributed by atoms with van der Waals surface area (Å²) in [5, 5.41) is 9.83. The van der Waals surface area contributed by atoms with Gasteiger partial charge in [0.2, 0.25) is 0 Å². The van der Waals surface area contributed by atoms with Gasteiger partial charge in [-0.25, -0.2) is 0 Å². The van der Waals surface area contributed by atoms with Gasteiger partial charge in [-0.2, -0.15) is 5.26 Å². The summed E-state index contributed by atoms with van der Waals surface area (Å²) in [7, 11) is 0. The van der Waals surface area contributed by atoms with Crippen molar-refractivity contribution >= 4 is 17.3 Å². The molecule has 17 heavy (non-hydrogen) atoms. The predicted molar refractivity (Wildman–Crippen MR) is 71.2 cm³/mol. The van der Waals surface area contributed by atoms with Gasteiger partial charge in [0, 0.05) is 22.8 Å². The van der Waals surface area contributed by atoms with Gasteiger partial charge >= 0.3 is 0 Å². The van der Waals surface area contributed by atoms with E-state index in [1.807, 2.05) is 18.2 Å². The van der Waals surface area contributed by atoms with Crippen LogP contribution in [0.4, 0.5) is 5.69 Å². The first-order valence-corrected chi connectivity index (χ1v) is 6.33. The summed E-state index contributed by atoms with van der Waals surface area (Å²) in [6.45, 7) is 5.24. The molecule has 1 atom stereocenters. The third-order valence-corrected chi connectivity index (χ3v) is 3.78. The Morgan fingerprint density at radius 2 is 2.24 bits per heavy atom. The van der Waals surface area contributed by atoms with Gasteiger partial charge in [-0.05, 0) is 44.9 Å². The molecule has 1 fully saturated rings. The van der Waals surface area contributed by atoms with Crippen LogP contribution < -0.4 is 4.90 Å². The number of nitriles is 1. The first-order valence-electron chi connectivity index (χ1n) is 5.96. The monoisotopic (exact) mass is 248 g/mol. The molecule has 90 valence electrons. The highest BCUT2D eigenvalue weighted by molar-refractivity contribution is 6.30. The van der Waals surface area contributed by atoms with E-state index >= 15 is 0 Å². The van der Waals surface area contributed by atoms with Crippen LogP contribution in [0, 0.1) is 17.2 Å². The van der Waals surface area contributed by atoms with Crippen LogP contribution in [-0.2, 0) is 0 Å². The molecule has 0 aliphatic carbocycles. The predicted octanol–water partition coefficient (Wildman–Crippen LogP) is 3.86. The molecule has 0 amide bonds. The van der Waals surface area contributed by atoms with Crippen LogP contribution in [0.1, 0.15) is 26.7 Å². The van der Waals surface area contributed by atoms with Crippen LogP contribution in [0.25, 0.3) is 0 Å². The maximum absolute atomic E-state index is 9.08. The highest BCUT2D eigenvalue weighted by Crippen LogP contribution is 2.35. The Balaban J connectivity index is 2.31. The molecule has 0 bridgehead atoms. The summed E-state index contributed by atoms with van der Waals surface area (Å²) in [6.07, 6.45) is 2.03. The second-order valence-electron chi connectivity index (χ2n) is 5.27. The second-order valence-corrected chi connectivity index (χ2v) is 5.70. The minimum atomic E-state index is 0.0953. The molecule has 2 rings (SSSR count). The molecule has 2 nitrogen and oxygen atoms in total. The normalized spacial score (nSPS) is 23.2. The minimum absolute atomic E-state index is 0.0953. The van der Waals surface area contributed by atoms with Gasteiger partial charge in [0.1, 0.15) is 0 Å². The van der Waals surface area contributed by atoms with Gasteiger partial charge in [-0.1, -0.05) is 17.7 Å². The Morgan fingerprint density at radius 3 is 2.88 bits per heavy atom. The van der Waals surface area contributed by atoms with Gasteiger partial charge in [-0.3, -0.25) is 0 Å². The van der Waals surface area contributed by atoms with Crippen molar-refractivity contribution in [3.05, 3.63) is 29.3 Å². The zero-order valence-electron chi connectivity index (χ0n) is 10.3.